The average Bonchev–Trinajstić information content (AvgIpc) is 3.21. The fourth-order valence-corrected chi connectivity index (χ4v) is 3.42. The number of hydrogen-bond acceptors (Lipinski definition) is 3. The number of nitrogens with zero attached hydrogens (tertiary/aromatic N) is 2. The van der Waals surface area contributed by atoms with Crippen molar-refractivity contribution in [3.63, 3.8) is 0 Å². The summed E-state index contributed by atoms with van der Waals surface area (Å²) in [4.78, 5) is 7.36. The molecule has 1 aromatic carbocycles. The molecule has 2 aromatic rings. The molecular formula is C22H32N4O. The Balaban J connectivity index is 1.55. The maximum atomic E-state index is 5.42. The van der Waals surface area contributed by atoms with Crippen LogP contribution in [0.3, 0.4) is 0 Å². The van der Waals surface area contributed by atoms with Gasteiger partial charge in [-0.25, -0.2) is 4.99 Å². The zero-order chi connectivity index (χ0) is 18.9. The summed E-state index contributed by atoms with van der Waals surface area (Å²) >= 11 is 0. The summed E-state index contributed by atoms with van der Waals surface area (Å²) in [6.07, 6.45) is 4.89. The molecule has 3 rings (SSSR count). The Kier molecular flexibility index (Phi) is 7.34. The quantitative estimate of drug-likeness (QED) is 0.581. The van der Waals surface area contributed by atoms with Gasteiger partial charge >= 0.3 is 0 Å². The molecule has 0 radical (unpaired) electrons. The van der Waals surface area contributed by atoms with E-state index < -0.39 is 0 Å². The molecule has 1 aromatic heterocycles. The van der Waals surface area contributed by atoms with E-state index in [1.807, 2.05) is 18.2 Å². The Morgan fingerprint density at radius 2 is 1.93 bits per heavy atom. The lowest BCUT2D eigenvalue weighted by molar-refractivity contribution is 0.167. The number of hydrogen-bond donors (Lipinski definition) is 2. The van der Waals surface area contributed by atoms with Crippen LogP contribution >= 0.6 is 0 Å². The summed E-state index contributed by atoms with van der Waals surface area (Å²) in [6.45, 7) is 8.33. The normalized spacial score (nSPS) is 16.6. The minimum Gasteiger partial charge on any atom is -0.469 e. The van der Waals surface area contributed by atoms with Crippen LogP contribution in [-0.4, -0.2) is 42.6 Å². The van der Waals surface area contributed by atoms with Crippen molar-refractivity contribution in [2.45, 2.75) is 51.7 Å². The molecule has 2 N–H and O–H groups in total. The number of benzene rings is 1. The maximum Gasteiger partial charge on any atom is 0.191 e. The lowest BCUT2D eigenvalue weighted by Gasteiger charge is -2.35. The van der Waals surface area contributed by atoms with E-state index in [0.29, 0.717) is 18.6 Å². The number of guanidine groups is 1. The first-order chi connectivity index (χ1) is 13.2. The second-order valence-electron chi connectivity index (χ2n) is 7.45. The van der Waals surface area contributed by atoms with Crippen LogP contribution < -0.4 is 10.6 Å². The summed E-state index contributed by atoms with van der Waals surface area (Å²) in [5, 5.41) is 7.12. The van der Waals surface area contributed by atoms with Gasteiger partial charge in [-0.05, 0) is 44.4 Å². The Labute approximate surface area is 162 Å². The molecule has 27 heavy (non-hydrogen) atoms. The van der Waals surface area contributed by atoms with Crippen LogP contribution in [0.25, 0.3) is 0 Å². The Morgan fingerprint density at radius 1 is 1.15 bits per heavy atom. The van der Waals surface area contributed by atoms with Crippen LogP contribution in [0.4, 0.5) is 0 Å². The predicted molar refractivity (Wildman–Crippen MR) is 111 cm³/mol. The third-order valence-corrected chi connectivity index (χ3v) is 5.11. The number of piperidine rings is 1. The SMILES string of the molecule is CC(C)N1CCC(NC(=NCc2ccccc2)NCCc2ccco2)CC1. The van der Waals surface area contributed by atoms with Gasteiger partial charge in [-0.2, -0.15) is 0 Å². The van der Waals surface area contributed by atoms with Crippen molar-refractivity contribution < 1.29 is 4.42 Å². The number of furan rings is 1. The van der Waals surface area contributed by atoms with Crippen molar-refractivity contribution in [2.24, 2.45) is 4.99 Å². The van der Waals surface area contributed by atoms with Crippen molar-refractivity contribution in [3.8, 4) is 0 Å². The number of likely N-dealkylation sites (tertiary alicyclic amines) is 1. The highest BCUT2D eigenvalue weighted by Gasteiger charge is 2.21. The second kappa shape index (κ2) is 10.2. The lowest BCUT2D eigenvalue weighted by Crippen LogP contribution is -2.50. The molecule has 1 saturated heterocycles. The Hall–Kier alpha value is -2.27. The third-order valence-electron chi connectivity index (χ3n) is 5.11. The van der Waals surface area contributed by atoms with Crippen molar-refractivity contribution in [2.75, 3.05) is 19.6 Å². The van der Waals surface area contributed by atoms with Crippen LogP contribution in [0.1, 0.15) is 38.0 Å². The third kappa shape index (κ3) is 6.43. The smallest absolute Gasteiger partial charge is 0.191 e. The second-order valence-corrected chi connectivity index (χ2v) is 7.45. The fraction of sp³-hybridized carbons (Fsp3) is 0.500. The zero-order valence-electron chi connectivity index (χ0n) is 16.5. The molecule has 1 fully saturated rings. The van der Waals surface area contributed by atoms with E-state index in [0.717, 1.165) is 50.6 Å². The monoisotopic (exact) mass is 368 g/mol. The van der Waals surface area contributed by atoms with Crippen LogP contribution in [-0.2, 0) is 13.0 Å². The van der Waals surface area contributed by atoms with E-state index in [1.165, 1.54) is 5.56 Å². The van der Waals surface area contributed by atoms with Crippen molar-refractivity contribution in [1.29, 1.82) is 0 Å². The standard InChI is InChI=1S/C22H32N4O/c1-18(2)26-14-11-20(12-15-26)25-22(23-13-10-21-9-6-16-27-21)24-17-19-7-4-3-5-8-19/h3-9,16,18,20H,10-15,17H2,1-2H3,(H2,23,24,25). The molecule has 0 amide bonds. The fourth-order valence-electron chi connectivity index (χ4n) is 3.42. The molecule has 1 aliphatic rings. The summed E-state index contributed by atoms with van der Waals surface area (Å²) in [5.74, 6) is 1.89. The van der Waals surface area contributed by atoms with E-state index in [1.54, 1.807) is 6.26 Å². The van der Waals surface area contributed by atoms with E-state index in [-0.39, 0.29) is 0 Å². The van der Waals surface area contributed by atoms with Crippen molar-refractivity contribution in [3.05, 3.63) is 60.1 Å². The van der Waals surface area contributed by atoms with Gasteiger partial charge in [0.1, 0.15) is 5.76 Å². The highest BCUT2D eigenvalue weighted by Crippen LogP contribution is 2.13. The van der Waals surface area contributed by atoms with Gasteiger partial charge in [0.25, 0.3) is 0 Å². The number of rotatable bonds is 7. The molecule has 5 nitrogen and oxygen atoms in total. The largest absolute Gasteiger partial charge is 0.469 e. The zero-order valence-corrected chi connectivity index (χ0v) is 16.5. The molecule has 1 aliphatic heterocycles. The first-order valence-electron chi connectivity index (χ1n) is 10.1. The Bertz CT molecular complexity index is 674. The first kappa shape index (κ1) is 19.5. The van der Waals surface area contributed by atoms with Gasteiger partial charge in [-0.1, -0.05) is 30.3 Å². The van der Waals surface area contributed by atoms with Gasteiger partial charge in [-0.3, -0.25) is 0 Å². The topological polar surface area (TPSA) is 52.8 Å². The molecule has 0 atom stereocenters. The van der Waals surface area contributed by atoms with Crippen LogP contribution in [0.2, 0.25) is 0 Å². The van der Waals surface area contributed by atoms with Crippen LogP contribution in [0, 0.1) is 0 Å². The Morgan fingerprint density at radius 3 is 2.59 bits per heavy atom. The van der Waals surface area contributed by atoms with Gasteiger partial charge in [0.05, 0.1) is 12.8 Å². The molecule has 146 valence electrons. The van der Waals surface area contributed by atoms with E-state index >= 15 is 0 Å². The van der Waals surface area contributed by atoms with E-state index in [4.69, 9.17) is 9.41 Å². The molecule has 0 spiro atoms. The highest BCUT2D eigenvalue weighted by molar-refractivity contribution is 5.80. The van der Waals surface area contributed by atoms with Crippen LogP contribution in [0.5, 0.6) is 0 Å². The number of nitrogens with one attached hydrogen (secondary N) is 2. The summed E-state index contributed by atoms with van der Waals surface area (Å²) in [5.41, 5.74) is 1.22. The molecule has 2 heterocycles. The molecule has 5 heteroatoms. The van der Waals surface area contributed by atoms with Gasteiger partial charge in [0.2, 0.25) is 0 Å². The van der Waals surface area contributed by atoms with Gasteiger partial charge in [0, 0.05) is 38.1 Å². The van der Waals surface area contributed by atoms with Gasteiger partial charge in [0.15, 0.2) is 5.96 Å². The average molecular weight is 369 g/mol. The molecule has 0 unspecified atom stereocenters. The summed E-state index contributed by atoms with van der Waals surface area (Å²) in [6, 6.07) is 15.4. The summed E-state index contributed by atoms with van der Waals surface area (Å²) in [7, 11) is 0. The highest BCUT2D eigenvalue weighted by atomic mass is 16.3. The maximum absolute atomic E-state index is 5.42. The molecule has 0 saturated carbocycles. The summed E-state index contributed by atoms with van der Waals surface area (Å²) < 4.78 is 5.42. The van der Waals surface area contributed by atoms with Crippen molar-refractivity contribution >= 4 is 5.96 Å². The molecule has 0 aliphatic carbocycles. The van der Waals surface area contributed by atoms with Crippen LogP contribution in [0.15, 0.2) is 58.1 Å². The minimum atomic E-state index is 0.477. The molecular weight excluding hydrogens is 336 g/mol. The van der Waals surface area contributed by atoms with E-state index in [2.05, 4.69) is 53.6 Å². The number of aliphatic imine (C=N–C) groups is 1. The molecule has 0 bridgehead atoms. The predicted octanol–water partition coefficient (Wildman–Crippen LogP) is 3.43. The van der Waals surface area contributed by atoms with E-state index in [9.17, 15) is 0 Å². The van der Waals surface area contributed by atoms with Gasteiger partial charge < -0.3 is 20.0 Å². The van der Waals surface area contributed by atoms with Crippen molar-refractivity contribution in [1.82, 2.24) is 15.5 Å². The first-order valence-corrected chi connectivity index (χ1v) is 10.1. The minimum absolute atomic E-state index is 0.477. The lowest BCUT2D eigenvalue weighted by atomic mass is 10.0. The van der Waals surface area contributed by atoms with Gasteiger partial charge in [-0.15, -0.1) is 0 Å².